The van der Waals surface area contributed by atoms with Crippen LogP contribution in [0.1, 0.15) is 12.5 Å². The van der Waals surface area contributed by atoms with Crippen LogP contribution >= 0.6 is 0 Å². The van der Waals surface area contributed by atoms with E-state index in [1.165, 1.54) is 0 Å². The molecule has 1 N–H and O–H groups in total. The van der Waals surface area contributed by atoms with Crippen LogP contribution in [-0.2, 0) is 19.7 Å². The fraction of sp³-hybridized carbons (Fsp3) is 0.562. The Kier molecular flexibility index (Phi) is 4.98. The standard InChI is InChI=1S/C16H23NO4/c1-16(15(18)19,12-7-5-4-6-8-12)11-17-9-13(20-2)14(10-17)21-3/h4-8,13-14H,9-11H2,1-3H3,(H,18,19). The molecule has 3 unspecified atom stereocenters. The van der Waals surface area contributed by atoms with Gasteiger partial charge in [0, 0.05) is 33.9 Å². The quantitative estimate of drug-likeness (QED) is 0.858. The Labute approximate surface area is 125 Å². The summed E-state index contributed by atoms with van der Waals surface area (Å²) in [6.45, 7) is 3.58. The number of hydrogen-bond donors (Lipinski definition) is 1. The molecule has 0 aliphatic carbocycles. The number of hydrogen-bond acceptors (Lipinski definition) is 4. The molecule has 3 atom stereocenters. The molecule has 1 aromatic rings. The number of rotatable bonds is 6. The summed E-state index contributed by atoms with van der Waals surface area (Å²) < 4.78 is 10.8. The summed E-state index contributed by atoms with van der Waals surface area (Å²) >= 11 is 0. The number of aliphatic carboxylic acids is 1. The number of benzene rings is 1. The van der Waals surface area contributed by atoms with Gasteiger partial charge in [-0.05, 0) is 12.5 Å². The van der Waals surface area contributed by atoms with Gasteiger partial charge in [0.05, 0.1) is 12.2 Å². The fourth-order valence-corrected chi connectivity index (χ4v) is 2.94. The highest BCUT2D eigenvalue weighted by Crippen LogP contribution is 2.28. The first-order valence-corrected chi connectivity index (χ1v) is 7.08. The second-order valence-electron chi connectivity index (χ2n) is 5.75. The monoisotopic (exact) mass is 293 g/mol. The van der Waals surface area contributed by atoms with E-state index in [1.807, 2.05) is 30.3 Å². The van der Waals surface area contributed by atoms with Gasteiger partial charge in [-0.2, -0.15) is 0 Å². The maximum Gasteiger partial charge on any atom is 0.315 e. The van der Waals surface area contributed by atoms with E-state index in [2.05, 4.69) is 4.90 Å². The molecule has 1 fully saturated rings. The highest BCUT2D eigenvalue weighted by atomic mass is 16.5. The molecule has 116 valence electrons. The van der Waals surface area contributed by atoms with E-state index >= 15 is 0 Å². The molecule has 2 rings (SSSR count). The first kappa shape index (κ1) is 15.9. The second kappa shape index (κ2) is 6.56. The van der Waals surface area contributed by atoms with Gasteiger partial charge in [-0.3, -0.25) is 9.69 Å². The van der Waals surface area contributed by atoms with Crippen LogP contribution < -0.4 is 0 Å². The van der Waals surface area contributed by atoms with Gasteiger partial charge < -0.3 is 14.6 Å². The zero-order chi connectivity index (χ0) is 15.5. The third kappa shape index (κ3) is 3.26. The molecule has 0 aromatic heterocycles. The van der Waals surface area contributed by atoms with Crippen LogP contribution in [0.5, 0.6) is 0 Å². The van der Waals surface area contributed by atoms with Gasteiger partial charge in [-0.25, -0.2) is 0 Å². The van der Waals surface area contributed by atoms with Gasteiger partial charge in [0.25, 0.3) is 0 Å². The lowest BCUT2D eigenvalue weighted by Crippen LogP contribution is -2.44. The minimum Gasteiger partial charge on any atom is -0.481 e. The average Bonchev–Trinajstić information content (AvgIpc) is 2.89. The first-order chi connectivity index (χ1) is 10.0. The molecule has 0 spiro atoms. The van der Waals surface area contributed by atoms with Gasteiger partial charge >= 0.3 is 5.97 Å². The lowest BCUT2D eigenvalue weighted by atomic mass is 9.82. The zero-order valence-electron chi connectivity index (χ0n) is 12.8. The molecule has 0 radical (unpaired) electrons. The third-order valence-corrected chi connectivity index (χ3v) is 4.32. The van der Waals surface area contributed by atoms with Gasteiger partial charge in [0.15, 0.2) is 0 Å². The number of carbonyl (C=O) groups is 1. The minimum atomic E-state index is -0.942. The van der Waals surface area contributed by atoms with Gasteiger partial charge in [0.1, 0.15) is 5.41 Å². The summed E-state index contributed by atoms with van der Waals surface area (Å²) in [5.41, 5.74) is -0.130. The first-order valence-electron chi connectivity index (χ1n) is 7.08. The second-order valence-corrected chi connectivity index (χ2v) is 5.75. The van der Waals surface area contributed by atoms with E-state index < -0.39 is 11.4 Å². The maximum atomic E-state index is 11.8. The third-order valence-electron chi connectivity index (χ3n) is 4.32. The smallest absolute Gasteiger partial charge is 0.315 e. The van der Waals surface area contributed by atoms with Crippen molar-refractivity contribution in [2.75, 3.05) is 33.9 Å². The molecular weight excluding hydrogens is 270 g/mol. The topological polar surface area (TPSA) is 59.0 Å². The molecular formula is C16H23NO4. The Hall–Kier alpha value is -1.43. The molecule has 0 amide bonds. The molecule has 1 aliphatic rings. The fourth-order valence-electron chi connectivity index (χ4n) is 2.94. The van der Waals surface area contributed by atoms with E-state index in [0.29, 0.717) is 19.6 Å². The number of methoxy groups -OCH3 is 2. The van der Waals surface area contributed by atoms with Crippen molar-refractivity contribution in [2.45, 2.75) is 24.5 Å². The van der Waals surface area contributed by atoms with Crippen LogP contribution in [0.3, 0.4) is 0 Å². The molecule has 1 saturated heterocycles. The molecule has 5 nitrogen and oxygen atoms in total. The predicted octanol–water partition coefficient (Wildman–Crippen LogP) is 1.37. The van der Waals surface area contributed by atoms with Crippen molar-refractivity contribution < 1.29 is 19.4 Å². The maximum absolute atomic E-state index is 11.8. The van der Waals surface area contributed by atoms with Crippen LogP contribution in [0, 0.1) is 0 Å². The van der Waals surface area contributed by atoms with E-state index in [1.54, 1.807) is 21.1 Å². The van der Waals surface area contributed by atoms with E-state index in [9.17, 15) is 9.90 Å². The number of nitrogens with zero attached hydrogens (tertiary/aromatic N) is 1. The minimum absolute atomic E-state index is 0.0104. The summed E-state index contributed by atoms with van der Waals surface area (Å²) in [5.74, 6) is -0.816. The lowest BCUT2D eigenvalue weighted by Gasteiger charge is -2.30. The normalized spacial score (nSPS) is 25.7. The molecule has 0 saturated carbocycles. The van der Waals surface area contributed by atoms with E-state index in [4.69, 9.17) is 9.47 Å². The summed E-state index contributed by atoms with van der Waals surface area (Å²) in [6, 6.07) is 9.37. The predicted molar refractivity (Wildman–Crippen MR) is 79.5 cm³/mol. The van der Waals surface area contributed by atoms with Crippen LogP contribution in [0.15, 0.2) is 30.3 Å². The van der Waals surface area contributed by atoms with Crippen molar-refractivity contribution in [3.05, 3.63) is 35.9 Å². The Bertz CT molecular complexity index is 466. The summed E-state index contributed by atoms with van der Waals surface area (Å²) in [7, 11) is 3.32. The Morgan fingerprint density at radius 3 is 2.19 bits per heavy atom. The van der Waals surface area contributed by atoms with Crippen molar-refractivity contribution in [1.29, 1.82) is 0 Å². The SMILES string of the molecule is COC1CN(CC(C)(C(=O)O)c2ccccc2)CC1OC. The van der Waals surface area contributed by atoms with Crippen molar-refractivity contribution in [3.8, 4) is 0 Å². The van der Waals surface area contributed by atoms with Crippen LogP contribution in [0.2, 0.25) is 0 Å². The van der Waals surface area contributed by atoms with Crippen LogP contribution in [0.4, 0.5) is 0 Å². The summed E-state index contributed by atoms with van der Waals surface area (Å²) in [4.78, 5) is 13.9. The van der Waals surface area contributed by atoms with Crippen molar-refractivity contribution in [2.24, 2.45) is 0 Å². The number of likely N-dealkylation sites (tertiary alicyclic amines) is 1. The number of ether oxygens (including phenoxy) is 2. The Morgan fingerprint density at radius 1 is 1.24 bits per heavy atom. The summed E-state index contributed by atoms with van der Waals surface area (Å²) in [5, 5.41) is 9.70. The molecule has 5 heteroatoms. The van der Waals surface area contributed by atoms with Crippen molar-refractivity contribution >= 4 is 5.97 Å². The van der Waals surface area contributed by atoms with Crippen LogP contribution in [0.25, 0.3) is 0 Å². The van der Waals surface area contributed by atoms with Crippen LogP contribution in [-0.4, -0.2) is 62.0 Å². The van der Waals surface area contributed by atoms with Gasteiger partial charge in [-0.15, -0.1) is 0 Å². The molecule has 0 bridgehead atoms. The molecule has 21 heavy (non-hydrogen) atoms. The van der Waals surface area contributed by atoms with Crippen molar-refractivity contribution in [1.82, 2.24) is 4.90 Å². The van der Waals surface area contributed by atoms with E-state index in [-0.39, 0.29) is 12.2 Å². The molecule has 1 heterocycles. The highest BCUT2D eigenvalue weighted by molar-refractivity contribution is 5.81. The summed E-state index contributed by atoms with van der Waals surface area (Å²) in [6.07, 6.45) is -0.0207. The average molecular weight is 293 g/mol. The van der Waals surface area contributed by atoms with Gasteiger partial charge in [0.2, 0.25) is 0 Å². The number of carboxylic acid groups (broad SMARTS) is 1. The Morgan fingerprint density at radius 2 is 1.76 bits per heavy atom. The number of carboxylic acids is 1. The largest absolute Gasteiger partial charge is 0.481 e. The highest BCUT2D eigenvalue weighted by Gasteiger charge is 2.41. The molecule has 1 aliphatic heterocycles. The zero-order valence-corrected chi connectivity index (χ0v) is 12.8. The van der Waals surface area contributed by atoms with E-state index in [0.717, 1.165) is 5.56 Å². The molecule has 1 aromatic carbocycles. The lowest BCUT2D eigenvalue weighted by molar-refractivity contribution is -0.144. The van der Waals surface area contributed by atoms with Gasteiger partial charge in [-0.1, -0.05) is 30.3 Å². The Balaban J connectivity index is 2.17. The van der Waals surface area contributed by atoms with Crippen molar-refractivity contribution in [3.63, 3.8) is 0 Å².